The second-order valence-corrected chi connectivity index (χ2v) is 6.34. The molecule has 1 amide bonds. The SMILES string of the molecule is CCn1cc(Br)c(C(=O)Nc2sc(C)cc2C(=O)OC)n1. The summed E-state index contributed by atoms with van der Waals surface area (Å²) in [4.78, 5) is 24.9. The van der Waals surface area contributed by atoms with Crippen LogP contribution in [-0.2, 0) is 11.3 Å². The van der Waals surface area contributed by atoms with Gasteiger partial charge >= 0.3 is 5.97 Å². The summed E-state index contributed by atoms with van der Waals surface area (Å²) >= 11 is 4.62. The third-order valence-corrected chi connectivity index (χ3v) is 4.29. The number of hydrogen-bond donors (Lipinski definition) is 1. The number of carbonyl (C=O) groups is 2. The van der Waals surface area contributed by atoms with E-state index >= 15 is 0 Å². The third kappa shape index (κ3) is 3.33. The number of ether oxygens (including phenoxy) is 1. The third-order valence-electron chi connectivity index (χ3n) is 2.74. The minimum atomic E-state index is -0.479. The fraction of sp³-hybridized carbons (Fsp3) is 0.308. The zero-order valence-corrected chi connectivity index (χ0v) is 14.2. The molecule has 0 unspecified atom stereocenters. The van der Waals surface area contributed by atoms with E-state index in [0.29, 0.717) is 21.6 Å². The van der Waals surface area contributed by atoms with Gasteiger partial charge in [-0.25, -0.2) is 4.79 Å². The molecule has 6 nitrogen and oxygen atoms in total. The molecule has 0 aromatic carbocycles. The van der Waals surface area contributed by atoms with Gasteiger partial charge in [0.1, 0.15) is 5.00 Å². The number of halogens is 1. The Hall–Kier alpha value is -1.67. The average molecular weight is 372 g/mol. The van der Waals surface area contributed by atoms with Gasteiger partial charge in [-0.05, 0) is 35.8 Å². The number of aromatic nitrogens is 2. The lowest BCUT2D eigenvalue weighted by molar-refractivity contribution is 0.0602. The van der Waals surface area contributed by atoms with E-state index in [0.717, 1.165) is 4.88 Å². The lowest BCUT2D eigenvalue weighted by Crippen LogP contribution is -2.15. The number of methoxy groups -OCH3 is 1. The van der Waals surface area contributed by atoms with E-state index in [1.807, 2.05) is 13.8 Å². The molecule has 0 atom stereocenters. The number of hydrogen-bond acceptors (Lipinski definition) is 5. The van der Waals surface area contributed by atoms with Gasteiger partial charge < -0.3 is 10.1 Å². The first-order chi connectivity index (χ1) is 9.96. The number of nitrogens with zero attached hydrogens (tertiary/aromatic N) is 2. The highest BCUT2D eigenvalue weighted by molar-refractivity contribution is 9.10. The first-order valence-corrected chi connectivity index (χ1v) is 7.80. The van der Waals surface area contributed by atoms with Crippen LogP contribution in [0.3, 0.4) is 0 Å². The molecule has 0 saturated carbocycles. The van der Waals surface area contributed by atoms with Crippen molar-refractivity contribution in [3.8, 4) is 0 Å². The van der Waals surface area contributed by atoms with Gasteiger partial charge in [-0.15, -0.1) is 11.3 Å². The molecule has 2 aromatic heterocycles. The predicted molar refractivity (Wildman–Crippen MR) is 83.9 cm³/mol. The average Bonchev–Trinajstić information content (AvgIpc) is 3.00. The number of anilines is 1. The monoisotopic (exact) mass is 371 g/mol. The Morgan fingerprint density at radius 3 is 2.81 bits per heavy atom. The number of thiophene rings is 1. The van der Waals surface area contributed by atoms with E-state index in [1.54, 1.807) is 16.9 Å². The first kappa shape index (κ1) is 15.7. The molecule has 2 heterocycles. The van der Waals surface area contributed by atoms with Crippen molar-refractivity contribution >= 4 is 44.1 Å². The number of esters is 1. The van der Waals surface area contributed by atoms with Gasteiger partial charge in [0.25, 0.3) is 5.91 Å². The number of carbonyl (C=O) groups excluding carboxylic acids is 2. The van der Waals surface area contributed by atoms with Crippen molar-refractivity contribution in [2.45, 2.75) is 20.4 Å². The minimum Gasteiger partial charge on any atom is -0.465 e. The fourth-order valence-corrected chi connectivity index (χ4v) is 3.13. The van der Waals surface area contributed by atoms with Crippen LogP contribution in [0.1, 0.15) is 32.6 Å². The molecule has 1 N–H and O–H groups in total. The van der Waals surface area contributed by atoms with Gasteiger partial charge in [0.15, 0.2) is 5.69 Å². The van der Waals surface area contributed by atoms with Crippen LogP contribution in [-0.4, -0.2) is 28.8 Å². The van der Waals surface area contributed by atoms with Crippen molar-refractivity contribution in [1.29, 1.82) is 0 Å². The maximum absolute atomic E-state index is 12.3. The van der Waals surface area contributed by atoms with E-state index in [-0.39, 0.29) is 11.6 Å². The highest BCUT2D eigenvalue weighted by Crippen LogP contribution is 2.29. The van der Waals surface area contributed by atoms with Crippen molar-refractivity contribution in [2.24, 2.45) is 0 Å². The molecule has 0 aliphatic heterocycles. The Labute approximate surface area is 134 Å². The van der Waals surface area contributed by atoms with E-state index in [1.165, 1.54) is 18.4 Å². The molecule has 8 heteroatoms. The van der Waals surface area contributed by atoms with Gasteiger partial charge in [0, 0.05) is 17.6 Å². The maximum Gasteiger partial charge on any atom is 0.340 e. The van der Waals surface area contributed by atoms with Gasteiger partial charge in [0.05, 0.1) is 17.1 Å². The normalized spacial score (nSPS) is 10.5. The number of rotatable bonds is 4. The topological polar surface area (TPSA) is 73.2 Å². The lowest BCUT2D eigenvalue weighted by Gasteiger charge is -2.03. The largest absolute Gasteiger partial charge is 0.465 e. The van der Waals surface area contributed by atoms with Crippen LogP contribution < -0.4 is 5.32 Å². The number of amides is 1. The summed E-state index contributed by atoms with van der Waals surface area (Å²) < 4.78 is 6.97. The molecule has 0 fully saturated rings. The Balaban J connectivity index is 2.27. The van der Waals surface area contributed by atoms with Crippen LogP contribution in [0.25, 0.3) is 0 Å². The molecule has 112 valence electrons. The molecule has 2 rings (SSSR count). The zero-order chi connectivity index (χ0) is 15.6. The summed E-state index contributed by atoms with van der Waals surface area (Å²) in [6.07, 6.45) is 1.73. The quantitative estimate of drug-likeness (QED) is 0.838. The molecule has 0 saturated heterocycles. The summed E-state index contributed by atoms with van der Waals surface area (Å²) in [6, 6.07) is 1.69. The molecule has 2 aromatic rings. The Bertz CT molecular complexity index is 693. The van der Waals surface area contributed by atoms with E-state index in [4.69, 9.17) is 4.74 Å². The smallest absolute Gasteiger partial charge is 0.340 e. The lowest BCUT2D eigenvalue weighted by atomic mass is 10.3. The van der Waals surface area contributed by atoms with Crippen LogP contribution in [0.15, 0.2) is 16.7 Å². The van der Waals surface area contributed by atoms with Crippen LogP contribution >= 0.6 is 27.3 Å². The van der Waals surface area contributed by atoms with Crippen LogP contribution in [0.5, 0.6) is 0 Å². The van der Waals surface area contributed by atoms with Crippen LogP contribution in [0.2, 0.25) is 0 Å². The summed E-state index contributed by atoms with van der Waals surface area (Å²) in [5.41, 5.74) is 0.623. The summed E-state index contributed by atoms with van der Waals surface area (Å²) in [5.74, 6) is -0.853. The molecular weight excluding hydrogens is 358 g/mol. The summed E-state index contributed by atoms with van der Waals surface area (Å²) in [7, 11) is 1.31. The van der Waals surface area contributed by atoms with E-state index in [9.17, 15) is 9.59 Å². The fourth-order valence-electron chi connectivity index (χ4n) is 1.74. The van der Waals surface area contributed by atoms with Crippen LogP contribution in [0.4, 0.5) is 5.00 Å². The van der Waals surface area contributed by atoms with Crippen LogP contribution in [0, 0.1) is 6.92 Å². The molecule has 0 bridgehead atoms. The highest BCUT2D eigenvalue weighted by atomic mass is 79.9. The van der Waals surface area contributed by atoms with Crippen molar-refractivity contribution in [1.82, 2.24) is 9.78 Å². The van der Waals surface area contributed by atoms with Gasteiger partial charge in [-0.3, -0.25) is 9.48 Å². The number of nitrogens with one attached hydrogen (secondary N) is 1. The van der Waals surface area contributed by atoms with Gasteiger partial charge in [-0.2, -0.15) is 5.10 Å². The Kier molecular flexibility index (Phi) is 4.79. The van der Waals surface area contributed by atoms with Crippen molar-refractivity contribution in [2.75, 3.05) is 12.4 Å². The molecule has 0 aliphatic carbocycles. The van der Waals surface area contributed by atoms with Gasteiger partial charge in [0.2, 0.25) is 0 Å². The maximum atomic E-state index is 12.3. The standard InChI is InChI=1S/C13H14BrN3O3S/c1-4-17-6-9(14)10(16-17)11(18)15-12-8(13(19)20-3)5-7(2)21-12/h5-6H,4H2,1-3H3,(H,15,18). The van der Waals surface area contributed by atoms with Crippen molar-refractivity contribution in [3.63, 3.8) is 0 Å². The zero-order valence-electron chi connectivity index (χ0n) is 11.8. The molecule has 0 spiro atoms. The van der Waals surface area contributed by atoms with Crippen molar-refractivity contribution in [3.05, 3.63) is 32.9 Å². The summed E-state index contributed by atoms with van der Waals surface area (Å²) in [6.45, 7) is 4.45. The first-order valence-electron chi connectivity index (χ1n) is 6.19. The Morgan fingerprint density at radius 1 is 1.52 bits per heavy atom. The second kappa shape index (κ2) is 6.40. The Morgan fingerprint density at radius 2 is 2.24 bits per heavy atom. The molecule has 0 radical (unpaired) electrons. The number of aryl methyl sites for hydroxylation is 2. The molecule has 0 aliphatic rings. The minimum absolute atomic E-state index is 0.277. The van der Waals surface area contributed by atoms with E-state index in [2.05, 4.69) is 26.3 Å². The predicted octanol–water partition coefficient (Wildman–Crippen LogP) is 3.07. The second-order valence-electron chi connectivity index (χ2n) is 4.23. The molecular formula is C13H14BrN3O3S. The van der Waals surface area contributed by atoms with E-state index < -0.39 is 5.97 Å². The molecule has 21 heavy (non-hydrogen) atoms. The summed E-state index contributed by atoms with van der Waals surface area (Å²) in [5, 5.41) is 7.35. The van der Waals surface area contributed by atoms with Crippen molar-refractivity contribution < 1.29 is 14.3 Å². The highest BCUT2D eigenvalue weighted by Gasteiger charge is 2.20. The van der Waals surface area contributed by atoms with Gasteiger partial charge in [-0.1, -0.05) is 0 Å².